The smallest absolute Gasteiger partial charge is 0.226 e. The predicted octanol–water partition coefficient (Wildman–Crippen LogP) is 1.23. The van der Waals surface area contributed by atoms with Crippen LogP contribution in [0.25, 0.3) is 0 Å². The van der Waals surface area contributed by atoms with E-state index in [1.807, 2.05) is 0 Å². The van der Waals surface area contributed by atoms with Crippen LogP contribution in [0.2, 0.25) is 5.15 Å². The summed E-state index contributed by atoms with van der Waals surface area (Å²) in [6, 6.07) is 0. The quantitative estimate of drug-likeness (QED) is 0.788. The van der Waals surface area contributed by atoms with E-state index in [1.54, 1.807) is 6.20 Å². The molecule has 5 heteroatoms. The maximum absolute atomic E-state index is 6.05. The fourth-order valence-corrected chi connectivity index (χ4v) is 1.99. The summed E-state index contributed by atoms with van der Waals surface area (Å²) in [5, 5.41) is 0.539. The van der Waals surface area contributed by atoms with Gasteiger partial charge >= 0.3 is 0 Å². The second-order valence-electron chi connectivity index (χ2n) is 3.72. The first-order valence-electron chi connectivity index (χ1n) is 5.27. The van der Waals surface area contributed by atoms with E-state index in [9.17, 15) is 0 Å². The van der Waals surface area contributed by atoms with E-state index >= 15 is 0 Å². The molecule has 2 heterocycles. The summed E-state index contributed by atoms with van der Waals surface area (Å²) in [6.07, 6.45) is 4.95. The molecule has 0 bridgehead atoms. The van der Waals surface area contributed by atoms with Crippen LogP contribution in [0, 0.1) is 0 Å². The van der Waals surface area contributed by atoms with Crippen molar-refractivity contribution < 1.29 is 0 Å². The van der Waals surface area contributed by atoms with Gasteiger partial charge in [0.1, 0.15) is 5.15 Å². The van der Waals surface area contributed by atoms with Crippen molar-refractivity contribution in [1.29, 1.82) is 0 Å². The second-order valence-corrected chi connectivity index (χ2v) is 4.08. The lowest BCUT2D eigenvalue weighted by molar-refractivity contribution is 0.877. The fourth-order valence-electron chi connectivity index (χ4n) is 1.77. The predicted molar refractivity (Wildman–Crippen MR) is 61.2 cm³/mol. The minimum Gasteiger partial charge on any atom is -0.341 e. The maximum atomic E-state index is 6.05. The minimum absolute atomic E-state index is 0.539. The monoisotopic (exact) mass is 226 g/mol. The zero-order valence-electron chi connectivity index (χ0n) is 8.62. The molecule has 82 valence electrons. The fraction of sp³-hybridized carbons (Fsp3) is 0.600. The van der Waals surface area contributed by atoms with Crippen molar-refractivity contribution in [1.82, 2.24) is 9.97 Å². The van der Waals surface area contributed by atoms with Crippen LogP contribution >= 0.6 is 11.6 Å². The molecule has 0 aliphatic carbocycles. The Morgan fingerprint density at radius 3 is 2.73 bits per heavy atom. The van der Waals surface area contributed by atoms with E-state index in [2.05, 4.69) is 14.9 Å². The Morgan fingerprint density at radius 1 is 1.40 bits per heavy atom. The lowest BCUT2D eigenvalue weighted by Gasteiger charge is -2.15. The summed E-state index contributed by atoms with van der Waals surface area (Å²) in [6.45, 7) is 2.64. The van der Waals surface area contributed by atoms with Gasteiger partial charge in [0.15, 0.2) is 0 Å². The topological polar surface area (TPSA) is 55.0 Å². The highest BCUT2D eigenvalue weighted by Crippen LogP contribution is 2.19. The van der Waals surface area contributed by atoms with Crippen LogP contribution in [0.4, 0.5) is 5.95 Å². The molecular weight excluding hydrogens is 212 g/mol. The van der Waals surface area contributed by atoms with Gasteiger partial charge in [-0.1, -0.05) is 11.6 Å². The molecule has 0 radical (unpaired) electrons. The molecule has 0 unspecified atom stereocenters. The van der Waals surface area contributed by atoms with Crippen LogP contribution < -0.4 is 10.6 Å². The molecule has 2 rings (SSSR count). The molecule has 1 aliphatic heterocycles. The number of hydrogen-bond acceptors (Lipinski definition) is 4. The molecule has 1 aromatic rings. The van der Waals surface area contributed by atoms with Crippen molar-refractivity contribution in [2.75, 3.05) is 24.5 Å². The van der Waals surface area contributed by atoms with Gasteiger partial charge in [-0.25, -0.2) is 9.97 Å². The maximum Gasteiger partial charge on any atom is 0.226 e. The largest absolute Gasteiger partial charge is 0.341 e. The van der Waals surface area contributed by atoms with E-state index in [1.165, 1.54) is 12.8 Å². The number of hydrogen-bond donors (Lipinski definition) is 1. The Bertz CT molecular complexity index is 336. The standard InChI is InChI=1S/C10H15ClN4/c11-9-8(3-4-12)7-13-10(14-9)15-5-1-2-6-15/h7H,1-6,12H2. The molecule has 15 heavy (non-hydrogen) atoms. The second kappa shape index (κ2) is 4.77. The third kappa shape index (κ3) is 2.38. The lowest BCUT2D eigenvalue weighted by atomic mass is 10.2. The van der Waals surface area contributed by atoms with Crippen molar-refractivity contribution in [2.45, 2.75) is 19.3 Å². The summed E-state index contributed by atoms with van der Waals surface area (Å²) in [7, 11) is 0. The van der Waals surface area contributed by atoms with Gasteiger partial charge in [0.2, 0.25) is 5.95 Å². The van der Waals surface area contributed by atoms with E-state index in [0.717, 1.165) is 31.0 Å². The average molecular weight is 227 g/mol. The van der Waals surface area contributed by atoms with Crippen LogP contribution in [0.1, 0.15) is 18.4 Å². The highest BCUT2D eigenvalue weighted by Gasteiger charge is 2.15. The SMILES string of the molecule is NCCc1cnc(N2CCCC2)nc1Cl. The minimum atomic E-state index is 0.539. The summed E-state index contributed by atoms with van der Waals surface area (Å²) in [5.41, 5.74) is 6.40. The molecule has 1 aromatic heterocycles. The number of aromatic nitrogens is 2. The number of nitrogens with zero attached hydrogens (tertiary/aromatic N) is 3. The zero-order chi connectivity index (χ0) is 10.7. The van der Waals surface area contributed by atoms with Crippen molar-refractivity contribution >= 4 is 17.5 Å². The summed E-state index contributed by atoms with van der Waals surface area (Å²) in [4.78, 5) is 10.8. The van der Waals surface area contributed by atoms with Gasteiger partial charge < -0.3 is 10.6 Å². The normalized spacial score (nSPS) is 16.0. The van der Waals surface area contributed by atoms with Gasteiger partial charge in [-0.15, -0.1) is 0 Å². The first-order valence-corrected chi connectivity index (χ1v) is 5.65. The molecular formula is C10H15ClN4. The van der Waals surface area contributed by atoms with Gasteiger partial charge in [-0.3, -0.25) is 0 Å². The van der Waals surface area contributed by atoms with E-state index < -0.39 is 0 Å². The van der Waals surface area contributed by atoms with Gasteiger partial charge in [0, 0.05) is 24.8 Å². The molecule has 0 aromatic carbocycles. The van der Waals surface area contributed by atoms with Gasteiger partial charge in [-0.05, 0) is 25.8 Å². The molecule has 0 amide bonds. The molecule has 0 spiro atoms. The Hall–Kier alpha value is -0.870. The number of rotatable bonds is 3. The van der Waals surface area contributed by atoms with Gasteiger partial charge in [0.05, 0.1) is 0 Å². The first kappa shape index (κ1) is 10.6. The van der Waals surface area contributed by atoms with Gasteiger partial charge in [-0.2, -0.15) is 0 Å². The summed E-state index contributed by atoms with van der Waals surface area (Å²) < 4.78 is 0. The van der Waals surface area contributed by atoms with Crippen molar-refractivity contribution in [3.8, 4) is 0 Å². The average Bonchev–Trinajstić information content (AvgIpc) is 2.74. The van der Waals surface area contributed by atoms with Crippen LogP contribution in [0.5, 0.6) is 0 Å². The van der Waals surface area contributed by atoms with Crippen LogP contribution in [0.3, 0.4) is 0 Å². The first-order chi connectivity index (χ1) is 7.31. The molecule has 0 atom stereocenters. The third-order valence-electron chi connectivity index (χ3n) is 2.60. The highest BCUT2D eigenvalue weighted by molar-refractivity contribution is 6.30. The van der Waals surface area contributed by atoms with E-state index in [0.29, 0.717) is 11.7 Å². The highest BCUT2D eigenvalue weighted by atomic mass is 35.5. The third-order valence-corrected chi connectivity index (χ3v) is 2.93. The lowest BCUT2D eigenvalue weighted by Crippen LogP contribution is -2.20. The summed E-state index contributed by atoms with van der Waals surface area (Å²) in [5.74, 6) is 0.748. The molecule has 1 aliphatic rings. The van der Waals surface area contributed by atoms with E-state index in [4.69, 9.17) is 17.3 Å². The Kier molecular flexibility index (Phi) is 3.38. The molecule has 4 nitrogen and oxygen atoms in total. The molecule has 2 N–H and O–H groups in total. The van der Waals surface area contributed by atoms with Crippen LogP contribution in [-0.2, 0) is 6.42 Å². The Labute approximate surface area is 94.5 Å². The van der Waals surface area contributed by atoms with Gasteiger partial charge in [0.25, 0.3) is 0 Å². The molecule has 1 fully saturated rings. The summed E-state index contributed by atoms with van der Waals surface area (Å²) >= 11 is 6.05. The van der Waals surface area contributed by atoms with Crippen molar-refractivity contribution in [3.05, 3.63) is 16.9 Å². The van der Waals surface area contributed by atoms with Crippen LogP contribution in [-0.4, -0.2) is 29.6 Å². The molecule has 1 saturated heterocycles. The molecule has 0 saturated carbocycles. The number of nitrogens with two attached hydrogens (primary N) is 1. The number of halogens is 1. The number of anilines is 1. The van der Waals surface area contributed by atoms with Crippen molar-refractivity contribution in [2.24, 2.45) is 5.73 Å². The van der Waals surface area contributed by atoms with Crippen molar-refractivity contribution in [3.63, 3.8) is 0 Å². The van der Waals surface area contributed by atoms with E-state index in [-0.39, 0.29) is 0 Å². The zero-order valence-corrected chi connectivity index (χ0v) is 9.37. The van der Waals surface area contributed by atoms with Crippen LogP contribution in [0.15, 0.2) is 6.20 Å². The Morgan fingerprint density at radius 2 is 2.13 bits per heavy atom. The Balaban J connectivity index is 2.16.